The third-order valence-electron chi connectivity index (χ3n) is 4.62. The number of carbonyl (C=O) groups is 2. The Kier molecular flexibility index (Phi) is 6.37. The first-order chi connectivity index (χ1) is 13.0. The highest BCUT2D eigenvalue weighted by Gasteiger charge is 2.41. The maximum absolute atomic E-state index is 12.7. The van der Waals surface area contributed by atoms with E-state index in [9.17, 15) is 9.59 Å². The number of hydrogen-bond donors (Lipinski definition) is 0. The number of allylic oxidation sites excluding steroid dienone is 2. The van der Waals surface area contributed by atoms with E-state index in [-0.39, 0.29) is 11.0 Å². The minimum atomic E-state index is -1.26. The Balaban J connectivity index is 2.74. The van der Waals surface area contributed by atoms with Gasteiger partial charge in [-0.3, -0.25) is 0 Å². The number of carbonyl (C=O) groups excluding carboxylic acids is 2. The van der Waals surface area contributed by atoms with Crippen molar-refractivity contribution < 1.29 is 19.1 Å². The molecule has 1 heterocycles. The summed E-state index contributed by atoms with van der Waals surface area (Å²) in [6, 6.07) is 9.98. The molecule has 1 saturated heterocycles. The van der Waals surface area contributed by atoms with Crippen LogP contribution in [0.25, 0.3) is 5.57 Å². The maximum atomic E-state index is 12.7. The lowest BCUT2D eigenvalue weighted by atomic mass is 9.81. The largest absolute Gasteiger partial charge is 0.419 e. The summed E-state index contributed by atoms with van der Waals surface area (Å²) in [5, 5.41) is 0. The number of nitrogens with zero attached hydrogens (tertiary/aromatic N) is 1. The number of hydrogen-bond acceptors (Lipinski definition) is 5. The van der Waals surface area contributed by atoms with Gasteiger partial charge in [-0.15, -0.1) is 0 Å². The molecule has 0 bridgehead atoms. The van der Waals surface area contributed by atoms with Crippen LogP contribution in [-0.2, 0) is 19.1 Å². The molecule has 2 rings (SSSR count). The number of likely N-dealkylation sites (N-methyl/N-ethyl adjacent to an activating group) is 1. The lowest BCUT2D eigenvalue weighted by Crippen LogP contribution is -2.43. The summed E-state index contributed by atoms with van der Waals surface area (Å²) in [6.07, 6.45) is 1.93. The van der Waals surface area contributed by atoms with Crippen molar-refractivity contribution in [2.24, 2.45) is 5.41 Å². The number of rotatable bonds is 5. The van der Waals surface area contributed by atoms with Gasteiger partial charge >= 0.3 is 11.9 Å². The fourth-order valence-electron chi connectivity index (χ4n) is 3.23. The lowest BCUT2D eigenvalue weighted by Gasteiger charge is -2.33. The molecule has 0 aliphatic carbocycles. The van der Waals surface area contributed by atoms with Crippen LogP contribution in [0.5, 0.6) is 0 Å². The van der Waals surface area contributed by atoms with Gasteiger partial charge in [0.05, 0.1) is 5.70 Å². The zero-order valence-electron chi connectivity index (χ0n) is 18.0. The number of ether oxygens (including phenoxy) is 2. The van der Waals surface area contributed by atoms with Gasteiger partial charge in [-0.1, -0.05) is 51.1 Å². The monoisotopic (exact) mass is 385 g/mol. The van der Waals surface area contributed by atoms with Gasteiger partial charge in [-0.05, 0) is 36.5 Å². The summed E-state index contributed by atoms with van der Waals surface area (Å²) < 4.78 is 10.7. The van der Waals surface area contributed by atoms with Gasteiger partial charge in [-0.25, -0.2) is 9.59 Å². The summed E-state index contributed by atoms with van der Waals surface area (Å²) in [5.41, 5.74) is 2.33. The summed E-state index contributed by atoms with van der Waals surface area (Å²) >= 11 is 0. The third-order valence-corrected chi connectivity index (χ3v) is 4.62. The lowest BCUT2D eigenvalue weighted by molar-refractivity contribution is -0.222. The van der Waals surface area contributed by atoms with E-state index in [1.165, 1.54) is 0 Å². The van der Waals surface area contributed by atoms with Crippen molar-refractivity contribution in [3.05, 3.63) is 53.2 Å². The highest BCUT2D eigenvalue weighted by atomic mass is 16.7. The fourth-order valence-corrected chi connectivity index (χ4v) is 3.23. The van der Waals surface area contributed by atoms with E-state index >= 15 is 0 Å². The molecule has 1 aromatic carbocycles. The van der Waals surface area contributed by atoms with E-state index in [4.69, 9.17) is 9.47 Å². The number of cyclic esters (lactones) is 2. The third kappa shape index (κ3) is 4.83. The normalized spacial score (nSPS) is 17.1. The van der Waals surface area contributed by atoms with E-state index in [0.717, 1.165) is 11.1 Å². The van der Waals surface area contributed by atoms with Gasteiger partial charge in [-0.2, -0.15) is 0 Å². The van der Waals surface area contributed by atoms with Crippen LogP contribution in [0.3, 0.4) is 0 Å². The SMILES string of the molecule is CCN(CC)C(/C=C(\c1ccccc1)C(C)(C)C)=C1C(=O)OC(C)(C)OC1=O. The number of esters is 2. The van der Waals surface area contributed by atoms with E-state index < -0.39 is 17.7 Å². The molecule has 0 atom stereocenters. The van der Waals surface area contributed by atoms with Crippen LogP contribution in [0, 0.1) is 5.41 Å². The molecule has 0 radical (unpaired) electrons. The minimum Gasteiger partial charge on any atom is -0.419 e. The molecule has 1 aromatic rings. The molecule has 5 heteroatoms. The maximum Gasteiger partial charge on any atom is 0.351 e. The Morgan fingerprint density at radius 1 is 1.00 bits per heavy atom. The molecule has 5 nitrogen and oxygen atoms in total. The predicted molar refractivity (Wildman–Crippen MR) is 110 cm³/mol. The average molecular weight is 386 g/mol. The van der Waals surface area contributed by atoms with Crippen LogP contribution < -0.4 is 0 Å². The molecule has 1 fully saturated rings. The van der Waals surface area contributed by atoms with Gasteiger partial charge in [0.15, 0.2) is 5.57 Å². The van der Waals surface area contributed by atoms with Crippen molar-refractivity contribution in [2.75, 3.05) is 13.1 Å². The van der Waals surface area contributed by atoms with Gasteiger partial charge in [0.2, 0.25) is 0 Å². The fraction of sp³-hybridized carbons (Fsp3) is 0.478. The Morgan fingerprint density at radius 2 is 1.50 bits per heavy atom. The predicted octanol–water partition coefficient (Wildman–Crippen LogP) is 4.55. The van der Waals surface area contributed by atoms with Gasteiger partial charge in [0, 0.05) is 26.9 Å². The van der Waals surface area contributed by atoms with Crippen LogP contribution in [-0.4, -0.2) is 35.7 Å². The second-order valence-corrected chi connectivity index (χ2v) is 8.29. The smallest absolute Gasteiger partial charge is 0.351 e. The summed E-state index contributed by atoms with van der Waals surface area (Å²) in [6.45, 7) is 14.7. The molecule has 1 aliphatic heterocycles. The topological polar surface area (TPSA) is 55.8 Å². The average Bonchev–Trinajstić information content (AvgIpc) is 2.58. The van der Waals surface area contributed by atoms with Gasteiger partial charge < -0.3 is 14.4 Å². The molecule has 1 aliphatic rings. The summed E-state index contributed by atoms with van der Waals surface area (Å²) in [5.74, 6) is -2.57. The van der Waals surface area contributed by atoms with Crippen molar-refractivity contribution in [3.8, 4) is 0 Å². The van der Waals surface area contributed by atoms with E-state index in [1.54, 1.807) is 13.8 Å². The quantitative estimate of drug-likeness (QED) is 0.423. The second kappa shape index (κ2) is 8.21. The minimum absolute atomic E-state index is 0.0549. The Morgan fingerprint density at radius 3 is 1.93 bits per heavy atom. The van der Waals surface area contributed by atoms with Crippen LogP contribution in [0.4, 0.5) is 0 Å². The van der Waals surface area contributed by atoms with Gasteiger partial charge in [0.25, 0.3) is 5.79 Å². The molecule has 0 saturated carbocycles. The van der Waals surface area contributed by atoms with Crippen LogP contribution in [0.2, 0.25) is 0 Å². The van der Waals surface area contributed by atoms with E-state index in [2.05, 4.69) is 20.8 Å². The van der Waals surface area contributed by atoms with Crippen molar-refractivity contribution in [1.29, 1.82) is 0 Å². The van der Waals surface area contributed by atoms with Crippen molar-refractivity contribution in [3.63, 3.8) is 0 Å². The molecule has 0 N–H and O–H groups in total. The van der Waals surface area contributed by atoms with Gasteiger partial charge in [0.1, 0.15) is 0 Å². The first-order valence-electron chi connectivity index (χ1n) is 9.73. The van der Waals surface area contributed by atoms with Crippen LogP contribution in [0.1, 0.15) is 54.0 Å². The summed E-state index contributed by atoms with van der Waals surface area (Å²) in [7, 11) is 0. The summed E-state index contributed by atoms with van der Waals surface area (Å²) in [4.78, 5) is 27.4. The Bertz CT molecular complexity index is 772. The van der Waals surface area contributed by atoms with E-state index in [1.807, 2.05) is 55.2 Å². The van der Waals surface area contributed by atoms with Crippen LogP contribution >= 0.6 is 0 Å². The molecular formula is C23H31NO4. The first kappa shape index (κ1) is 21.7. The standard InChI is InChI=1S/C23H31NO4/c1-8-24(9-2)18(19-20(25)27-23(6,7)28-21(19)26)15-17(22(3,4)5)16-13-11-10-12-14-16/h10-15H,8-9H2,1-7H3/b17-15+. The Hall–Kier alpha value is -2.56. The second-order valence-electron chi connectivity index (χ2n) is 8.29. The zero-order valence-corrected chi connectivity index (χ0v) is 18.0. The molecule has 0 aromatic heterocycles. The number of benzene rings is 1. The molecular weight excluding hydrogens is 354 g/mol. The molecule has 0 amide bonds. The Labute approximate surface area is 168 Å². The molecule has 0 unspecified atom stereocenters. The molecule has 28 heavy (non-hydrogen) atoms. The highest BCUT2D eigenvalue weighted by Crippen LogP contribution is 2.36. The van der Waals surface area contributed by atoms with Crippen LogP contribution in [0.15, 0.2) is 47.7 Å². The van der Waals surface area contributed by atoms with Crippen molar-refractivity contribution >= 4 is 17.5 Å². The first-order valence-corrected chi connectivity index (χ1v) is 9.73. The van der Waals surface area contributed by atoms with Crippen molar-refractivity contribution in [2.45, 2.75) is 54.3 Å². The van der Waals surface area contributed by atoms with Crippen molar-refractivity contribution in [1.82, 2.24) is 4.90 Å². The molecule has 152 valence electrons. The van der Waals surface area contributed by atoms with E-state index in [0.29, 0.717) is 18.8 Å². The molecule has 0 spiro atoms. The highest BCUT2D eigenvalue weighted by molar-refractivity contribution is 6.16. The zero-order chi connectivity index (χ0) is 21.1.